The van der Waals surface area contributed by atoms with Crippen LogP contribution in [0.4, 0.5) is 5.82 Å². The molecule has 0 spiro atoms. The van der Waals surface area contributed by atoms with Crippen LogP contribution < -0.4 is 5.43 Å². The van der Waals surface area contributed by atoms with E-state index in [1.807, 2.05) is 20.8 Å². The van der Waals surface area contributed by atoms with Crippen molar-refractivity contribution in [2.24, 2.45) is 5.10 Å². The number of H-pyrrole nitrogens is 1. The first-order chi connectivity index (χ1) is 10.6. The van der Waals surface area contributed by atoms with Gasteiger partial charge in [-0.15, -0.1) is 0 Å². The van der Waals surface area contributed by atoms with Crippen LogP contribution in [-0.4, -0.2) is 49.7 Å². The maximum atomic E-state index is 11.7. The Hall–Kier alpha value is -2.25. The number of rotatable bonds is 4. The molecule has 9 nitrogen and oxygen atoms in total. The number of hydrogen-bond acceptors (Lipinski definition) is 6. The van der Waals surface area contributed by atoms with Crippen molar-refractivity contribution in [3.05, 3.63) is 22.7 Å². The highest BCUT2D eigenvalue weighted by atomic mass is 32.2. The highest BCUT2D eigenvalue weighted by Gasteiger charge is 2.24. The molecule has 1 aromatic rings. The molecule has 1 atom stereocenters. The topological polar surface area (TPSA) is 118 Å². The number of amidine groups is 1. The summed E-state index contributed by atoms with van der Waals surface area (Å²) in [5, 5.41) is 10.5. The van der Waals surface area contributed by atoms with Gasteiger partial charge in [-0.3, -0.25) is 14.1 Å². The zero-order valence-corrected chi connectivity index (χ0v) is 14.4. The van der Waals surface area contributed by atoms with E-state index in [-0.39, 0.29) is 22.8 Å². The zero-order valence-electron chi connectivity index (χ0n) is 13.6. The molecule has 0 saturated carbocycles. The number of aromatic amines is 1. The van der Waals surface area contributed by atoms with Gasteiger partial charge < -0.3 is 14.3 Å². The maximum absolute atomic E-state index is 11.7. The minimum atomic E-state index is -2.32. The molecule has 0 radical (unpaired) electrons. The van der Waals surface area contributed by atoms with Crippen molar-refractivity contribution in [2.75, 3.05) is 19.5 Å². The number of carbonyl (C=O) groups is 1. The van der Waals surface area contributed by atoms with E-state index in [1.165, 1.54) is 19.0 Å². The van der Waals surface area contributed by atoms with E-state index in [0.717, 1.165) is 0 Å². The molecule has 0 aliphatic carbocycles. The van der Waals surface area contributed by atoms with Gasteiger partial charge in [0.1, 0.15) is 0 Å². The second kappa shape index (κ2) is 7.34. The molecule has 0 fully saturated rings. The molecule has 10 heteroatoms. The Bertz CT molecular complexity index is 681. The van der Waals surface area contributed by atoms with Crippen molar-refractivity contribution < 1.29 is 13.6 Å². The number of nitrogens with one attached hydrogen (secondary N) is 2. The largest absolute Gasteiger partial charge is 0.772 e. The van der Waals surface area contributed by atoms with E-state index in [0.29, 0.717) is 11.3 Å². The van der Waals surface area contributed by atoms with Crippen LogP contribution in [0, 0.1) is 6.57 Å². The van der Waals surface area contributed by atoms with Crippen molar-refractivity contribution in [3.63, 3.8) is 0 Å². The van der Waals surface area contributed by atoms with Crippen LogP contribution in [0.5, 0.6) is 0 Å². The van der Waals surface area contributed by atoms with Crippen LogP contribution in [0.2, 0.25) is 0 Å². The molecule has 0 bridgehead atoms. The summed E-state index contributed by atoms with van der Waals surface area (Å²) in [6.07, 6.45) is 0. The predicted octanol–water partition coefficient (Wildman–Crippen LogP) is 0.819. The second-order valence-electron chi connectivity index (χ2n) is 5.98. The smallest absolute Gasteiger partial charge is 0.357 e. The van der Waals surface area contributed by atoms with Gasteiger partial charge in [0.15, 0.2) is 5.82 Å². The standard InChI is InChI=1S/C13H20N6O3S/c1-13(2,3)9-8(7-23(21)22)10(16-15-9)17-18-11(14-4)12(20)19(5)6/h7H2,1-3,5-6H3,(H,21,22)(H2,15,16,17)/p-1. The van der Waals surface area contributed by atoms with Gasteiger partial charge in [0.05, 0.1) is 0 Å². The van der Waals surface area contributed by atoms with Crippen molar-refractivity contribution in [1.29, 1.82) is 0 Å². The maximum Gasteiger partial charge on any atom is 0.357 e. The second-order valence-corrected chi connectivity index (χ2v) is 6.88. The summed E-state index contributed by atoms with van der Waals surface area (Å²) in [7, 11) is 3.00. The van der Waals surface area contributed by atoms with Gasteiger partial charge in [0, 0.05) is 36.5 Å². The Labute approximate surface area is 137 Å². The van der Waals surface area contributed by atoms with E-state index < -0.39 is 17.0 Å². The summed E-state index contributed by atoms with van der Waals surface area (Å²) in [6, 6.07) is 0. The van der Waals surface area contributed by atoms with Crippen LogP contribution in [0.25, 0.3) is 4.85 Å². The van der Waals surface area contributed by atoms with E-state index in [2.05, 4.69) is 25.6 Å². The SMILES string of the molecule is [C-]#[N+]C(=NNc1n[nH]c(C(C)(C)C)c1CS(=O)[O-])C(=O)N(C)C. The van der Waals surface area contributed by atoms with Crippen molar-refractivity contribution >= 4 is 28.6 Å². The van der Waals surface area contributed by atoms with Gasteiger partial charge in [-0.1, -0.05) is 38.4 Å². The molecule has 0 aliphatic rings. The van der Waals surface area contributed by atoms with E-state index in [4.69, 9.17) is 6.57 Å². The lowest BCUT2D eigenvalue weighted by atomic mass is 9.90. The van der Waals surface area contributed by atoms with Gasteiger partial charge in [0.2, 0.25) is 0 Å². The van der Waals surface area contributed by atoms with Gasteiger partial charge in [-0.25, -0.2) is 0 Å². The lowest BCUT2D eigenvalue weighted by Gasteiger charge is -2.19. The summed E-state index contributed by atoms with van der Waals surface area (Å²) < 4.78 is 22.2. The Morgan fingerprint density at radius 3 is 2.57 bits per heavy atom. The monoisotopic (exact) mass is 339 g/mol. The molecule has 1 heterocycles. The Balaban J connectivity index is 3.19. The highest BCUT2D eigenvalue weighted by Crippen LogP contribution is 2.29. The predicted molar refractivity (Wildman–Crippen MR) is 86.3 cm³/mol. The lowest BCUT2D eigenvalue weighted by molar-refractivity contribution is -0.121. The number of carbonyl (C=O) groups excluding carboxylic acids is 1. The van der Waals surface area contributed by atoms with Crippen molar-refractivity contribution in [2.45, 2.75) is 31.9 Å². The molecular weight excluding hydrogens is 320 g/mol. The summed E-state index contributed by atoms with van der Waals surface area (Å²) in [6.45, 7) is 12.7. The lowest BCUT2D eigenvalue weighted by Crippen LogP contribution is -2.28. The quantitative estimate of drug-likeness (QED) is 0.277. The zero-order chi connectivity index (χ0) is 17.8. The number of aromatic nitrogens is 2. The Morgan fingerprint density at radius 2 is 2.13 bits per heavy atom. The van der Waals surface area contributed by atoms with E-state index in [1.54, 1.807) is 0 Å². The Kier molecular flexibility index (Phi) is 6.00. The van der Waals surface area contributed by atoms with E-state index >= 15 is 0 Å². The summed E-state index contributed by atoms with van der Waals surface area (Å²) in [5.41, 5.74) is 3.22. The molecule has 1 aromatic heterocycles. The molecule has 0 aromatic carbocycles. The molecule has 0 aliphatic heterocycles. The molecule has 0 saturated heterocycles. The average molecular weight is 339 g/mol. The van der Waals surface area contributed by atoms with Crippen LogP contribution >= 0.6 is 0 Å². The first-order valence-corrected chi connectivity index (χ1v) is 7.88. The molecule has 1 amide bonds. The molecular formula is C13H19N6O3S-. The number of hydrogen-bond donors (Lipinski definition) is 2. The van der Waals surface area contributed by atoms with Crippen molar-refractivity contribution in [1.82, 2.24) is 15.1 Å². The third-order valence-corrected chi connectivity index (χ3v) is 3.37. The number of anilines is 1. The van der Waals surface area contributed by atoms with Gasteiger partial charge in [0.25, 0.3) is 5.91 Å². The molecule has 1 rings (SSSR count). The molecule has 23 heavy (non-hydrogen) atoms. The third-order valence-electron chi connectivity index (χ3n) is 2.85. The summed E-state index contributed by atoms with van der Waals surface area (Å²) in [4.78, 5) is 16.0. The minimum absolute atomic E-state index is 0.173. The highest BCUT2D eigenvalue weighted by molar-refractivity contribution is 7.78. The first-order valence-electron chi connectivity index (χ1n) is 6.64. The number of hydrazone groups is 1. The van der Waals surface area contributed by atoms with Crippen LogP contribution in [0.3, 0.4) is 0 Å². The number of amides is 1. The van der Waals surface area contributed by atoms with Crippen LogP contribution in [0.15, 0.2) is 5.10 Å². The molecule has 1 unspecified atom stereocenters. The summed E-state index contributed by atoms with van der Waals surface area (Å²) >= 11 is -2.32. The number of likely N-dealkylation sites (N-methyl/N-ethyl adjacent to an activating group) is 1. The number of nitrogens with zero attached hydrogens (tertiary/aromatic N) is 4. The van der Waals surface area contributed by atoms with Gasteiger partial charge in [-0.2, -0.15) is 10.5 Å². The normalized spacial score (nSPS) is 13.3. The first kappa shape index (κ1) is 18.8. The fourth-order valence-corrected chi connectivity index (χ4v) is 2.28. The van der Waals surface area contributed by atoms with Crippen LogP contribution in [-0.2, 0) is 27.0 Å². The molecule has 126 valence electrons. The van der Waals surface area contributed by atoms with Gasteiger partial charge >= 0.3 is 5.84 Å². The van der Waals surface area contributed by atoms with Gasteiger partial charge in [-0.05, 0) is 5.10 Å². The summed E-state index contributed by atoms with van der Waals surface area (Å²) in [5.74, 6) is -1.01. The van der Waals surface area contributed by atoms with E-state index in [9.17, 15) is 13.6 Å². The fourth-order valence-electron chi connectivity index (χ4n) is 1.76. The van der Waals surface area contributed by atoms with Crippen LogP contribution in [0.1, 0.15) is 32.0 Å². The fraction of sp³-hybridized carbons (Fsp3) is 0.538. The minimum Gasteiger partial charge on any atom is -0.772 e. The third kappa shape index (κ3) is 4.87. The molecule has 2 N–H and O–H groups in total. The Morgan fingerprint density at radius 1 is 1.52 bits per heavy atom. The average Bonchev–Trinajstić information content (AvgIpc) is 2.81. The van der Waals surface area contributed by atoms with Crippen molar-refractivity contribution in [3.8, 4) is 0 Å².